The van der Waals surface area contributed by atoms with Crippen molar-refractivity contribution in [1.29, 1.82) is 5.26 Å². The Bertz CT molecular complexity index is 464. The molecule has 0 bridgehead atoms. The van der Waals surface area contributed by atoms with Crippen molar-refractivity contribution in [2.45, 2.75) is 12.6 Å². The van der Waals surface area contributed by atoms with Crippen LogP contribution >= 0.6 is 0 Å². The first-order chi connectivity index (χ1) is 7.81. The van der Waals surface area contributed by atoms with Crippen LogP contribution < -0.4 is 4.74 Å². The fourth-order valence-electron chi connectivity index (χ4n) is 1.14. The number of nitrogens with zero attached hydrogens (tertiary/aromatic N) is 2. The lowest BCUT2D eigenvalue weighted by Gasteiger charge is -2.13. The number of hydrogen-bond donors (Lipinski definition) is 0. The fourth-order valence-corrected chi connectivity index (χ4v) is 1.14. The number of hydrogen-bond acceptors (Lipinski definition) is 3. The Kier molecular flexibility index (Phi) is 3.50. The largest absolute Gasteiger partial charge is 0.480 e. The Hall–Kier alpha value is -1.91. The third kappa shape index (κ3) is 2.61. The first-order valence-corrected chi connectivity index (χ1v) is 4.15. The molecule has 0 radical (unpaired) electrons. The van der Waals surface area contributed by atoms with Gasteiger partial charge >= 0.3 is 6.18 Å². The van der Waals surface area contributed by atoms with Crippen LogP contribution in [-0.4, -0.2) is 12.1 Å². The monoisotopic (exact) mass is 252 g/mol. The molecule has 0 atom stereocenters. The molecule has 1 rings (SSSR count). The molecule has 1 heterocycles. The molecule has 92 valence electrons. The van der Waals surface area contributed by atoms with Gasteiger partial charge in [-0.3, -0.25) is 0 Å². The highest BCUT2D eigenvalue weighted by atomic mass is 19.4. The molecule has 0 saturated heterocycles. The summed E-state index contributed by atoms with van der Waals surface area (Å²) in [6.45, 7) is 0. The number of aromatic nitrogens is 1. The number of alkyl halides is 5. The van der Waals surface area contributed by atoms with Crippen molar-refractivity contribution in [2.75, 3.05) is 7.11 Å². The molecule has 0 spiro atoms. The summed E-state index contributed by atoms with van der Waals surface area (Å²) >= 11 is 0. The van der Waals surface area contributed by atoms with Crippen molar-refractivity contribution in [3.63, 3.8) is 0 Å². The van der Waals surface area contributed by atoms with Crippen molar-refractivity contribution in [2.24, 2.45) is 0 Å². The van der Waals surface area contributed by atoms with Crippen molar-refractivity contribution in [1.82, 2.24) is 4.98 Å². The second-order valence-electron chi connectivity index (χ2n) is 2.89. The summed E-state index contributed by atoms with van der Waals surface area (Å²) in [5.41, 5.74) is -3.56. The maximum absolute atomic E-state index is 12.4. The number of nitriles is 1. The van der Waals surface area contributed by atoms with Gasteiger partial charge in [-0.15, -0.1) is 0 Å². The highest BCUT2D eigenvalue weighted by Gasteiger charge is 2.39. The Morgan fingerprint density at radius 1 is 1.41 bits per heavy atom. The van der Waals surface area contributed by atoms with E-state index in [1.54, 1.807) is 0 Å². The summed E-state index contributed by atoms with van der Waals surface area (Å²) in [7, 11) is 0.991. The smallest absolute Gasteiger partial charge is 0.433 e. The van der Waals surface area contributed by atoms with Gasteiger partial charge in [0.15, 0.2) is 5.69 Å². The molecule has 3 nitrogen and oxygen atoms in total. The predicted octanol–water partition coefficient (Wildman–Crippen LogP) is 2.92. The highest BCUT2D eigenvalue weighted by molar-refractivity contribution is 5.43. The van der Waals surface area contributed by atoms with Gasteiger partial charge in [0.25, 0.3) is 6.43 Å². The van der Waals surface area contributed by atoms with Gasteiger partial charge in [-0.05, 0) is 6.07 Å². The molecule has 1 aromatic heterocycles. The Morgan fingerprint density at radius 2 is 2.00 bits per heavy atom. The number of methoxy groups -OCH3 is 1. The number of pyridine rings is 1. The van der Waals surface area contributed by atoms with Crippen molar-refractivity contribution in [3.8, 4) is 11.9 Å². The SMILES string of the molecule is COc1nc(C(F)(F)F)c(C(F)F)cc1C#N. The van der Waals surface area contributed by atoms with Crippen LogP contribution in [0, 0.1) is 11.3 Å². The van der Waals surface area contributed by atoms with Crippen LogP contribution in [0.25, 0.3) is 0 Å². The first-order valence-electron chi connectivity index (χ1n) is 4.15. The maximum Gasteiger partial charge on any atom is 0.433 e. The molecule has 0 N–H and O–H groups in total. The molecule has 0 fully saturated rings. The maximum atomic E-state index is 12.4. The normalized spacial score (nSPS) is 11.4. The summed E-state index contributed by atoms with van der Waals surface area (Å²) in [6.07, 6.45) is -8.41. The number of halogens is 5. The predicted molar refractivity (Wildman–Crippen MR) is 45.5 cm³/mol. The van der Waals surface area contributed by atoms with Crippen LogP contribution in [0.1, 0.15) is 23.2 Å². The zero-order chi connectivity index (χ0) is 13.2. The molecule has 0 aliphatic carbocycles. The highest BCUT2D eigenvalue weighted by Crippen LogP contribution is 2.37. The summed E-state index contributed by atoms with van der Waals surface area (Å²) < 4.78 is 66.5. The molecule has 0 unspecified atom stereocenters. The van der Waals surface area contributed by atoms with E-state index >= 15 is 0 Å². The van der Waals surface area contributed by atoms with E-state index in [9.17, 15) is 22.0 Å². The van der Waals surface area contributed by atoms with Gasteiger partial charge < -0.3 is 4.74 Å². The molecular formula is C9H5F5N2O. The first kappa shape index (κ1) is 13.2. The minimum atomic E-state index is -5.03. The van der Waals surface area contributed by atoms with Gasteiger partial charge in [-0.2, -0.15) is 18.4 Å². The van der Waals surface area contributed by atoms with Crippen LogP contribution in [-0.2, 0) is 6.18 Å². The van der Waals surface area contributed by atoms with E-state index < -0.39 is 35.3 Å². The van der Waals surface area contributed by atoms with Gasteiger partial charge in [0.05, 0.1) is 12.7 Å². The third-order valence-electron chi connectivity index (χ3n) is 1.83. The summed E-state index contributed by atoms with van der Waals surface area (Å²) in [6, 6.07) is 1.86. The van der Waals surface area contributed by atoms with Crippen molar-refractivity contribution < 1.29 is 26.7 Å². The standard InChI is InChI=1S/C9H5F5N2O/c1-17-8-4(3-15)2-5(7(10)11)6(16-8)9(12,13)14/h2,7H,1H3. The van der Waals surface area contributed by atoms with Gasteiger partial charge in [0, 0.05) is 0 Å². The molecular weight excluding hydrogens is 247 g/mol. The molecule has 0 saturated carbocycles. The van der Waals surface area contributed by atoms with E-state index in [1.165, 1.54) is 6.07 Å². The molecule has 0 aliphatic rings. The Labute approximate surface area is 92.4 Å². The fraction of sp³-hybridized carbons (Fsp3) is 0.333. The molecule has 0 aliphatic heterocycles. The Morgan fingerprint density at radius 3 is 2.35 bits per heavy atom. The van der Waals surface area contributed by atoms with Crippen molar-refractivity contribution >= 4 is 0 Å². The zero-order valence-electron chi connectivity index (χ0n) is 8.35. The van der Waals surface area contributed by atoms with E-state index in [2.05, 4.69) is 9.72 Å². The van der Waals surface area contributed by atoms with E-state index in [4.69, 9.17) is 5.26 Å². The average Bonchev–Trinajstić information content (AvgIpc) is 2.25. The topological polar surface area (TPSA) is 45.9 Å². The van der Waals surface area contributed by atoms with Crippen molar-refractivity contribution in [3.05, 3.63) is 22.9 Å². The second kappa shape index (κ2) is 4.53. The summed E-state index contributed by atoms with van der Waals surface area (Å²) in [4.78, 5) is 2.90. The third-order valence-corrected chi connectivity index (χ3v) is 1.83. The molecule has 8 heteroatoms. The lowest BCUT2D eigenvalue weighted by atomic mass is 10.1. The minimum Gasteiger partial charge on any atom is -0.480 e. The summed E-state index contributed by atoms with van der Waals surface area (Å²) in [5, 5.41) is 8.55. The number of rotatable bonds is 2. The molecule has 0 amide bonds. The van der Waals surface area contributed by atoms with Crippen LogP contribution in [0.4, 0.5) is 22.0 Å². The molecule has 0 aromatic carbocycles. The van der Waals surface area contributed by atoms with Crippen LogP contribution in [0.2, 0.25) is 0 Å². The second-order valence-corrected chi connectivity index (χ2v) is 2.89. The van der Waals surface area contributed by atoms with Gasteiger partial charge in [-0.1, -0.05) is 0 Å². The van der Waals surface area contributed by atoms with Crippen LogP contribution in [0.5, 0.6) is 5.88 Å². The quantitative estimate of drug-likeness (QED) is 0.760. The van der Waals surface area contributed by atoms with Gasteiger partial charge in [0.2, 0.25) is 5.88 Å². The Balaban J connectivity index is 3.53. The van der Waals surface area contributed by atoms with E-state index in [-0.39, 0.29) is 0 Å². The lowest BCUT2D eigenvalue weighted by Crippen LogP contribution is -2.14. The van der Waals surface area contributed by atoms with Gasteiger partial charge in [-0.25, -0.2) is 13.8 Å². The molecule has 17 heavy (non-hydrogen) atoms. The van der Waals surface area contributed by atoms with E-state index in [0.717, 1.165) is 7.11 Å². The van der Waals surface area contributed by atoms with Crippen LogP contribution in [0.15, 0.2) is 6.07 Å². The van der Waals surface area contributed by atoms with E-state index in [0.29, 0.717) is 6.07 Å². The number of ether oxygens (including phenoxy) is 1. The zero-order valence-corrected chi connectivity index (χ0v) is 8.35. The molecule has 1 aromatic rings. The van der Waals surface area contributed by atoms with E-state index in [1.807, 2.05) is 0 Å². The van der Waals surface area contributed by atoms with Gasteiger partial charge in [0.1, 0.15) is 11.6 Å². The summed E-state index contributed by atoms with van der Waals surface area (Å²) in [5.74, 6) is -0.635. The van der Waals surface area contributed by atoms with Crippen LogP contribution in [0.3, 0.4) is 0 Å². The minimum absolute atomic E-state index is 0.430. The lowest BCUT2D eigenvalue weighted by molar-refractivity contribution is -0.143. The average molecular weight is 252 g/mol.